The Bertz CT molecular complexity index is 524. The Kier molecular flexibility index (Phi) is 3.46. The summed E-state index contributed by atoms with van der Waals surface area (Å²) in [6.07, 6.45) is -2.69. The highest BCUT2D eigenvalue weighted by Crippen LogP contribution is 2.27. The highest BCUT2D eigenvalue weighted by molar-refractivity contribution is 7.09. The summed E-state index contributed by atoms with van der Waals surface area (Å²) in [4.78, 5) is 10.9. The van der Waals surface area contributed by atoms with Gasteiger partial charge in [0.2, 0.25) is 5.82 Å². The van der Waals surface area contributed by atoms with Crippen molar-refractivity contribution in [3.8, 4) is 0 Å². The smallest absolute Gasteiger partial charge is 0.373 e. The molecule has 0 amide bonds. The van der Waals surface area contributed by atoms with Crippen LogP contribution in [-0.4, -0.2) is 22.0 Å². The maximum absolute atomic E-state index is 12.6. The topological polar surface area (TPSA) is 50.7 Å². The number of hydrogen-bond donors (Lipinski definition) is 1. The second kappa shape index (κ2) is 4.89. The van der Waals surface area contributed by atoms with Crippen molar-refractivity contribution in [2.75, 3.05) is 12.4 Å². The zero-order valence-corrected chi connectivity index (χ0v) is 10.1. The molecule has 0 bridgehead atoms. The van der Waals surface area contributed by atoms with Gasteiger partial charge in [0.05, 0.1) is 10.7 Å². The van der Waals surface area contributed by atoms with Crippen LogP contribution < -0.4 is 5.32 Å². The summed E-state index contributed by atoms with van der Waals surface area (Å²) in [5.74, 6) is -0.996. The number of nitrogens with one attached hydrogen (secondary N) is 1. The van der Waals surface area contributed by atoms with E-state index in [0.29, 0.717) is 5.01 Å². The molecular formula is C10H9F3N4S. The summed E-state index contributed by atoms with van der Waals surface area (Å²) in [6, 6.07) is 1.48. The molecule has 0 aliphatic heterocycles. The van der Waals surface area contributed by atoms with E-state index in [0.717, 1.165) is 0 Å². The van der Waals surface area contributed by atoms with Crippen LogP contribution in [0.3, 0.4) is 0 Å². The van der Waals surface area contributed by atoms with Crippen LogP contribution in [0.25, 0.3) is 0 Å². The van der Waals surface area contributed by atoms with Crippen molar-refractivity contribution < 1.29 is 13.2 Å². The van der Waals surface area contributed by atoms with Crippen LogP contribution in [0.15, 0.2) is 17.6 Å². The lowest BCUT2D eigenvalue weighted by atomic mass is 10.3. The number of anilines is 1. The molecular weight excluding hydrogens is 265 g/mol. The van der Waals surface area contributed by atoms with Crippen molar-refractivity contribution in [2.45, 2.75) is 12.6 Å². The minimum Gasteiger partial charge on any atom is -0.373 e. The van der Waals surface area contributed by atoms with Gasteiger partial charge in [0.1, 0.15) is 5.82 Å². The number of aromatic nitrogens is 3. The molecule has 2 aromatic heterocycles. The van der Waals surface area contributed by atoms with Gasteiger partial charge in [0.25, 0.3) is 0 Å². The zero-order chi connectivity index (χ0) is 13.2. The average molecular weight is 274 g/mol. The Morgan fingerprint density at radius 2 is 2.11 bits per heavy atom. The number of rotatable bonds is 3. The molecule has 0 spiro atoms. The fourth-order valence-electron chi connectivity index (χ4n) is 1.34. The second-order valence-corrected chi connectivity index (χ2v) is 4.40. The number of alkyl halides is 3. The summed E-state index contributed by atoms with van der Waals surface area (Å²) in [5, 5.41) is 5.07. The van der Waals surface area contributed by atoms with Crippen molar-refractivity contribution in [3.05, 3.63) is 34.2 Å². The molecule has 4 nitrogen and oxygen atoms in total. The molecule has 0 saturated carbocycles. The first kappa shape index (κ1) is 12.7. The summed E-state index contributed by atoms with van der Waals surface area (Å²) in [7, 11) is 1.51. The van der Waals surface area contributed by atoms with Crippen molar-refractivity contribution >= 4 is 17.2 Å². The molecule has 0 radical (unpaired) electrons. The lowest BCUT2D eigenvalue weighted by Gasteiger charge is -2.09. The molecule has 0 unspecified atom stereocenters. The fourth-order valence-corrected chi connectivity index (χ4v) is 1.97. The lowest BCUT2D eigenvalue weighted by Crippen LogP contribution is -2.14. The first-order chi connectivity index (χ1) is 8.49. The van der Waals surface area contributed by atoms with Gasteiger partial charge in [-0.25, -0.2) is 15.0 Å². The summed E-state index contributed by atoms with van der Waals surface area (Å²) >= 11 is 1.37. The SMILES string of the molecule is CNc1cc(Cc2nccs2)nc(C(F)(F)F)n1. The van der Waals surface area contributed by atoms with Gasteiger partial charge in [0.15, 0.2) is 0 Å². The van der Waals surface area contributed by atoms with E-state index in [1.54, 1.807) is 11.6 Å². The first-order valence-electron chi connectivity index (χ1n) is 5.00. The Labute approximate surface area is 105 Å². The van der Waals surface area contributed by atoms with Gasteiger partial charge in [-0.15, -0.1) is 11.3 Å². The van der Waals surface area contributed by atoms with Crippen LogP contribution in [0.5, 0.6) is 0 Å². The van der Waals surface area contributed by atoms with Crippen LogP contribution in [0.4, 0.5) is 19.0 Å². The standard InChI is InChI=1S/C10H9F3N4S/c1-14-7-4-6(5-8-15-2-3-18-8)16-9(17-7)10(11,12)13/h2-4H,5H2,1H3,(H,14,16,17). The van der Waals surface area contributed by atoms with Gasteiger partial charge in [-0.05, 0) is 0 Å². The third-order valence-electron chi connectivity index (χ3n) is 2.10. The van der Waals surface area contributed by atoms with Gasteiger partial charge in [0, 0.05) is 31.1 Å². The molecule has 0 atom stereocenters. The van der Waals surface area contributed by atoms with Gasteiger partial charge in [-0.1, -0.05) is 0 Å². The normalized spacial score (nSPS) is 11.6. The van der Waals surface area contributed by atoms with Crippen LogP contribution in [0, 0.1) is 0 Å². The monoisotopic (exact) mass is 274 g/mol. The molecule has 8 heteroatoms. The van der Waals surface area contributed by atoms with Crippen molar-refractivity contribution in [2.24, 2.45) is 0 Å². The molecule has 0 aromatic carbocycles. The van der Waals surface area contributed by atoms with E-state index in [1.807, 2.05) is 0 Å². The van der Waals surface area contributed by atoms with Crippen molar-refractivity contribution in [1.82, 2.24) is 15.0 Å². The summed E-state index contributed by atoms with van der Waals surface area (Å²) < 4.78 is 37.8. The van der Waals surface area contributed by atoms with Gasteiger partial charge >= 0.3 is 6.18 Å². The van der Waals surface area contributed by atoms with E-state index in [-0.39, 0.29) is 17.9 Å². The zero-order valence-electron chi connectivity index (χ0n) is 9.32. The quantitative estimate of drug-likeness (QED) is 0.934. The molecule has 0 aliphatic carbocycles. The third kappa shape index (κ3) is 2.95. The molecule has 0 aliphatic rings. The highest BCUT2D eigenvalue weighted by atomic mass is 32.1. The van der Waals surface area contributed by atoms with Crippen LogP contribution >= 0.6 is 11.3 Å². The van der Waals surface area contributed by atoms with E-state index < -0.39 is 12.0 Å². The Morgan fingerprint density at radius 1 is 1.33 bits per heavy atom. The molecule has 1 N–H and O–H groups in total. The molecule has 96 valence electrons. The molecule has 2 rings (SSSR count). The number of thiazole rings is 1. The first-order valence-corrected chi connectivity index (χ1v) is 5.88. The van der Waals surface area contributed by atoms with Gasteiger partial charge in [-0.3, -0.25) is 0 Å². The molecule has 18 heavy (non-hydrogen) atoms. The van der Waals surface area contributed by atoms with Gasteiger partial charge < -0.3 is 5.32 Å². The molecule has 0 fully saturated rings. The van der Waals surface area contributed by atoms with Crippen LogP contribution in [-0.2, 0) is 12.6 Å². The summed E-state index contributed by atoms with van der Waals surface area (Å²) in [5.41, 5.74) is 0.289. The van der Waals surface area contributed by atoms with E-state index in [1.165, 1.54) is 24.5 Å². The summed E-state index contributed by atoms with van der Waals surface area (Å²) in [6.45, 7) is 0. The minimum absolute atomic E-state index is 0.142. The number of halogens is 3. The predicted molar refractivity (Wildman–Crippen MR) is 61.5 cm³/mol. The maximum atomic E-state index is 12.6. The molecule has 2 aromatic rings. The fraction of sp³-hybridized carbons (Fsp3) is 0.300. The van der Waals surface area contributed by atoms with E-state index in [4.69, 9.17) is 0 Å². The second-order valence-electron chi connectivity index (χ2n) is 3.42. The van der Waals surface area contributed by atoms with Crippen LogP contribution in [0.2, 0.25) is 0 Å². The minimum atomic E-state index is -4.55. The van der Waals surface area contributed by atoms with E-state index in [2.05, 4.69) is 20.3 Å². The maximum Gasteiger partial charge on any atom is 0.451 e. The lowest BCUT2D eigenvalue weighted by molar-refractivity contribution is -0.145. The largest absolute Gasteiger partial charge is 0.451 e. The van der Waals surface area contributed by atoms with E-state index in [9.17, 15) is 13.2 Å². The Morgan fingerprint density at radius 3 is 2.67 bits per heavy atom. The van der Waals surface area contributed by atoms with Crippen LogP contribution in [0.1, 0.15) is 16.5 Å². The Hall–Kier alpha value is -1.70. The highest BCUT2D eigenvalue weighted by Gasteiger charge is 2.35. The van der Waals surface area contributed by atoms with Gasteiger partial charge in [-0.2, -0.15) is 13.2 Å². The number of hydrogen-bond acceptors (Lipinski definition) is 5. The third-order valence-corrected chi connectivity index (χ3v) is 2.88. The van der Waals surface area contributed by atoms with E-state index >= 15 is 0 Å². The molecule has 2 heterocycles. The Balaban J connectivity index is 2.35. The molecule has 0 saturated heterocycles. The average Bonchev–Trinajstić information content (AvgIpc) is 2.80. The van der Waals surface area contributed by atoms with Crippen molar-refractivity contribution in [1.29, 1.82) is 0 Å². The predicted octanol–water partition coefficient (Wildman–Crippen LogP) is 2.58. The van der Waals surface area contributed by atoms with Crippen molar-refractivity contribution in [3.63, 3.8) is 0 Å². The number of nitrogens with zero attached hydrogens (tertiary/aromatic N) is 3.